The van der Waals surface area contributed by atoms with E-state index in [0.717, 1.165) is 11.3 Å². The van der Waals surface area contributed by atoms with Crippen LogP contribution in [0.15, 0.2) is 53.0 Å². The Labute approximate surface area is 136 Å². The van der Waals surface area contributed by atoms with Gasteiger partial charge in [-0.2, -0.15) is 0 Å². The molecule has 2 nitrogen and oxygen atoms in total. The van der Waals surface area contributed by atoms with E-state index in [-0.39, 0.29) is 5.41 Å². The van der Waals surface area contributed by atoms with Gasteiger partial charge in [0.1, 0.15) is 0 Å². The van der Waals surface area contributed by atoms with Crippen LogP contribution in [0.25, 0.3) is 5.57 Å². The van der Waals surface area contributed by atoms with Crippen LogP contribution in [0.2, 0.25) is 0 Å². The van der Waals surface area contributed by atoms with Crippen molar-refractivity contribution in [2.24, 2.45) is 0 Å². The van der Waals surface area contributed by atoms with Gasteiger partial charge in [-0.25, -0.2) is 4.79 Å². The van der Waals surface area contributed by atoms with Crippen molar-refractivity contribution < 1.29 is 9.90 Å². The lowest BCUT2D eigenvalue weighted by Gasteiger charge is -2.18. The van der Waals surface area contributed by atoms with E-state index in [9.17, 15) is 4.79 Å². The lowest BCUT2D eigenvalue weighted by atomic mass is 9.85. The number of carboxylic acid groups (broad SMARTS) is 1. The number of carbonyl (C=O) groups is 1. The summed E-state index contributed by atoms with van der Waals surface area (Å²) in [5, 5.41) is 8.68. The first-order valence-corrected chi connectivity index (χ1v) is 8.32. The van der Waals surface area contributed by atoms with Crippen LogP contribution in [-0.2, 0) is 10.2 Å². The Morgan fingerprint density at radius 2 is 2.05 bits per heavy atom. The van der Waals surface area contributed by atoms with Crippen molar-refractivity contribution in [1.29, 1.82) is 0 Å². The Kier molecular flexibility index (Phi) is 4.97. The van der Waals surface area contributed by atoms with Crippen molar-refractivity contribution in [2.45, 2.75) is 38.0 Å². The Bertz CT molecular complexity index is 679. The van der Waals surface area contributed by atoms with E-state index < -0.39 is 5.97 Å². The molecule has 1 N–H and O–H groups in total. The van der Waals surface area contributed by atoms with Gasteiger partial charge in [-0.15, -0.1) is 11.8 Å². The number of allylic oxidation sites excluding steroid dienone is 5. The molecule has 3 heteroatoms. The monoisotopic (exact) mass is 314 g/mol. The lowest BCUT2D eigenvalue weighted by molar-refractivity contribution is -0.131. The van der Waals surface area contributed by atoms with Gasteiger partial charge in [-0.1, -0.05) is 38.1 Å². The fourth-order valence-corrected chi connectivity index (χ4v) is 3.78. The van der Waals surface area contributed by atoms with Gasteiger partial charge in [0.15, 0.2) is 0 Å². The molecule has 0 saturated heterocycles. The Morgan fingerprint density at radius 3 is 2.73 bits per heavy atom. The molecule has 0 fully saturated rings. The van der Waals surface area contributed by atoms with Gasteiger partial charge in [0, 0.05) is 22.1 Å². The average Bonchev–Trinajstić information content (AvgIpc) is 2.73. The third-order valence-electron chi connectivity index (χ3n) is 3.81. The second-order valence-electron chi connectivity index (χ2n) is 6.32. The van der Waals surface area contributed by atoms with Crippen LogP contribution >= 0.6 is 11.8 Å². The van der Waals surface area contributed by atoms with Gasteiger partial charge < -0.3 is 5.11 Å². The molecular weight excluding hydrogens is 292 g/mol. The first kappa shape index (κ1) is 16.6. The van der Waals surface area contributed by atoms with E-state index in [2.05, 4.69) is 39.0 Å². The summed E-state index contributed by atoms with van der Waals surface area (Å²) in [5.74, 6) is 0.217. The van der Waals surface area contributed by atoms with Gasteiger partial charge in [0.25, 0.3) is 0 Å². The van der Waals surface area contributed by atoms with E-state index >= 15 is 0 Å². The Morgan fingerprint density at radius 1 is 1.32 bits per heavy atom. The summed E-state index contributed by atoms with van der Waals surface area (Å²) in [7, 11) is 0. The number of carboxylic acids is 1. The number of fused-ring (bicyclic) bond motifs is 1. The summed E-state index contributed by atoms with van der Waals surface area (Å²) < 4.78 is 0. The zero-order valence-corrected chi connectivity index (χ0v) is 14.3. The van der Waals surface area contributed by atoms with Crippen molar-refractivity contribution in [3.63, 3.8) is 0 Å². The van der Waals surface area contributed by atoms with Crippen molar-refractivity contribution in [1.82, 2.24) is 0 Å². The third kappa shape index (κ3) is 3.92. The van der Waals surface area contributed by atoms with Crippen molar-refractivity contribution in [2.75, 3.05) is 5.75 Å². The molecule has 0 saturated carbocycles. The largest absolute Gasteiger partial charge is 0.478 e. The minimum absolute atomic E-state index is 0.229. The fraction of sp³-hybridized carbons (Fsp3) is 0.316. The lowest BCUT2D eigenvalue weighted by Crippen LogP contribution is -2.15. The standard InChI is InChI=1S/C19H22O2S/c1-13(10-18(20)21)6-5-7-14(2)15-8-9-17-16(11-15)19(3,4)12-22-17/h5-11H,12H2,1-4H3,(H,20,21). The van der Waals surface area contributed by atoms with Crippen LogP contribution in [0.3, 0.4) is 0 Å². The molecule has 0 atom stereocenters. The maximum absolute atomic E-state index is 10.6. The first-order valence-electron chi connectivity index (χ1n) is 7.33. The van der Waals surface area contributed by atoms with E-state index in [1.165, 1.54) is 27.7 Å². The van der Waals surface area contributed by atoms with Gasteiger partial charge in [-0.3, -0.25) is 0 Å². The second kappa shape index (κ2) is 6.57. The number of rotatable bonds is 4. The number of hydrogen-bond acceptors (Lipinski definition) is 2. The predicted molar refractivity (Wildman–Crippen MR) is 94.4 cm³/mol. The highest BCUT2D eigenvalue weighted by molar-refractivity contribution is 7.99. The molecule has 1 aromatic carbocycles. The predicted octanol–water partition coefficient (Wildman–Crippen LogP) is 5.06. The topological polar surface area (TPSA) is 37.3 Å². The summed E-state index contributed by atoms with van der Waals surface area (Å²) >= 11 is 1.93. The third-order valence-corrected chi connectivity index (χ3v) is 5.34. The Hall–Kier alpha value is -1.74. The SMILES string of the molecule is CC(C=CC=C(C)c1ccc2c(c1)C(C)(C)CS2)=CC(=O)O. The number of thioether (sulfide) groups is 1. The van der Waals surface area contributed by atoms with Crippen molar-refractivity contribution in [3.05, 3.63) is 59.2 Å². The molecule has 1 heterocycles. The molecule has 22 heavy (non-hydrogen) atoms. The maximum atomic E-state index is 10.6. The van der Waals surface area contributed by atoms with Crippen molar-refractivity contribution >= 4 is 23.3 Å². The smallest absolute Gasteiger partial charge is 0.328 e. The summed E-state index contributed by atoms with van der Waals surface area (Å²) in [6.07, 6.45) is 6.94. The highest BCUT2D eigenvalue weighted by Crippen LogP contribution is 2.44. The molecule has 1 aliphatic heterocycles. The molecule has 0 aliphatic carbocycles. The fourth-order valence-electron chi connectivity index (χ4n) is 2.45. The molecule has 1 aliphatic rings. The van der Waals surface area contributed by atoms with Crippen LogP contribution in [0.5, 0.6) is 0 Å². The summed E-state index contributed by atoms with van der Waals surface area (Å²) in [5.41, 5.74) is 4.78. The van der Waals surface area contributed by atoms with Crippen molar-refractivity contribution in [3.8, 4) is 0 Å². The number of hydrogen-bond donors (Lipinski definition) is 1. The summed E-state index contributed by atoms with van der Waals surface area (Å²) in [6, 6.07) is 6.66. The van der Waals surface area contributed by atoms with Crippen LogP contribution in [0.4, 0.5) is 0 Å². The minimum atomic E-state index is -0.916. The molecule has 0 radical (unpaired) electrons. The maximum Gasteiger partial charge on any atom is 0.328 e. The number of aliphatic carboxylic acids is 1. The normalized spacial score (nSPS) is 17.8. The quantitative estimate of drug-likeness (QED) is 0.623. The van der Waals surface area contributed by atoms with Crippen LogP contribution < -0.4 is 0 Å². The van der Waals surface area contributed by atoms with E-state index in [1.807, 2.05) is 30.0 Å². The Balaban J connectivity index is 2.20. The molecule has 0 amide bonds. The van der Waals surface area contributed by atoms with Crippen LogP contribution in [0.1, 0.15) is 38.8 Å². The summed E-state index contributed by atoms with van der Waals surface area (Å²) in [6.45, 7) is 8.43. The molecular formula is C19H22O2S. The minimum Gasteiger partial charge on any atom is -0.478 e. The molecule has 116 valence electrons. The highest BCUT2D eigenvalue weighted by Gasteiger charge is 2.30. The second-order valence-corrected chi connectivity index (χ2v) is 7.34. The van der Waals surface area contributed by atoms with E-state index in [0.29, 0.717) is 0 Å². The first-order chi connectivity index (χ1) is 10.3. The molecule has 1 aromatic rings. The molecule has 0 aromatic heterocycles. The molecule has 0 unspecified atom stereocenters. The zero-order chi connectivity index (χ0) is 16.3. The highest BCUT2D eigenvalue weighted by atomic mass is 32.2. The average molecular weight is 314 g/mol. The van der Waals surface area contributed by atoms with E-state index in [1.54, 1.807) is 6.92 Å². The van der Waals surface area contributed by atoms with Gasteiger partial charge >= 0.3 is 5.97 Å². The zero-order valence-electron chi connectivity index (χ0n) is 13.5. The van der Waals surface area contributed by atoms with Gasteiger partial charge in [0.05, 0.1) is 0 Å². The van der Waals surface area contributed by atoms with E-state index in [4.69, 9.17) is 5.11 Å². The van der Waals surface area contributed by atoms with Crippen LogP contribution in [0, 0.1) is 0 Å². The van der Waals surface area contributed by atoms with Gasteiger partial charge in [0.2, 0.25) is 0 Å². The summed E-state index contributed by atoms with van der Waals surface area (Å²) in [4.78, 5) is 12.0. The molecule has 0 bridgehead atoms. The van der Waals surface area contributed by atoms with Gasteiger partial charge in [-0.05, 0) is 48.3 Å². The number of benzene rings is 1. The van der Waals surface area contributed by atoms with Crippen LogP contribution in [-0.4, -0.2) is 16.8 Å². The molecule has 2 rings (SSSR count). The molecule has 0 spiro atoms.